The number of hydrogen-bond donors (Lipinski definition) is 2. The molecular weight excluding hydrogens is 226 g/mol. The number of amides is 1. The summed E-state index contributed by atoms with van der Waals surface area (Å²) in [5, 5.41) is 4.72. The van der Waals surface area contributed by atoms with E-state index in [1.165, 1.54) is 7.05 Å². The van der Waals surface area contributed by atoms with Gasteiger partial charge in [-0.15, -0.1) is 0 Å². The van der Waals surface area contributed by atoms with Crippen LogP contribution >= 0.6 is 11.6 Å². The van der Waals surface area contributed by atoms with Gasteiger partial charge in [-0.2, -0.15) is 0 Å². The van der Waals surface area contributed by atoms with E-state index < -0.39 is 11.6 Å². The predicted molar refractivity (Wildman–Crippen MR) is 53.9 cm³/mol. The molecule has 0 unspecified atom stereocenters. The lowest BCUT2D eigenvalue weighted by molar-refractivity contribution is -0.118. The molecule has 0 aliphatic heterocycles. The van der Waals surface area contributed by atoms with Gasteiger partial charge in [0.05, 0.1) is 17.3 Å². The number of hydrogen-bond acceptors (Lipinski definition) is 2. The monoisotopic (exact) mass is 234 g/mol. The fourth-order valence-corrected chi connectivity index (χ4v) is 1.23. The Balaban J connectivity index is 2.81. The summed E-state index contributed by atoms with van der Waals surface area (Å²) in [7, 11) is 1.45. The van der Waals surface area contributed by atoms with E-state index in [0.717, 1.165) is 6.07 Å². The van der Waals surface area contributed by atoms with E-state index in [2.05, 4.69) is 10.6 Å². The Morgan fingerprint density at radius 1 is 1.47 bits per heavy atom. The van der Waals surface area contributed by atoms with Crippen molar-refractivity contribution in [3.05, 3.63) is 28.8 Å². The second kappa shape index (κ2) is 4.93. The normalized spacial score (nSPS) is 9.87. The Labute approximate surface area is 90.4 Å². The van der Waals surface area contributed by atoms with E-state index in [-0.39, 0.29) is 23.2 Å². The summed E-state index contributed by atoms with van der Waals surface area (Å²) in [4.78, 5) is 10.9. The highest BCUT2D eigenvalue weighted by Crippen LogP contribution is 2.25. The fraction of sp³-hybridized carbons (Fsp3) is 0.222. The number of nitrogens with one attached hydrogen (secondary N) is 2. The molecule has 1 rings (SSSR count). The maximum atomic E-state index is 13.1. The molecule has 1 aromatic carbocycles. The van der Waals surface area contributed by atoms with Gasteiger partial charge < -0.3 is 10.6 Å². The molecule has 0 aromatic heterocycles. The summed E-state index contributed by atoms with van der Waals surface area (Å²) in [5.41, 5.74) is -0.0818. The lowest BCUT2D eigenvalue weighted by Gasteiger charge is -2.08. The van der Waals surface area contributed by atoms with Crippen molar-refractivity contribution in [1.82, 2.24) is 5.32 Å². The topological polar surface area (TPSA) is 41.1 Å². The van der Waals surface area contributed by atoms with Crippen LogP contribution in [0.4, 0.5) is 14.5 Å². The molecule has 0 atom stereocenters. The van der Waals surface area contributed by atoms with Crippen LogP contribution in [0.25, 0.3) is 0 Å². The number of halogens is 3. The second-order valence-electron chi connectivity index (χ2n) is 2.77. The average molecular weight is 235 g/mol. The zero-order valence-corrected chi connectivity index (χ0v) is 8.66. The van der Waals surface area contributed by atoms with Gasteiger partial charge in [-0.25, -0.2) is 8.78 Å². The first kappa shape index (κ1) is 11.7. The van der Waals surface area contributed by atoms with Crippen molar-refractivity contribution < 1.29 is 13.6 Å². The Bertz CT molecular complexity index is 361. The average Bonchev–Trinajstić information content (AvgIpc) is 2.15. The summed E-state index contributed by atoms with van der Waals surface area (Å²) in [6.45, 7) is -0.126. The van der Waals surface area contributed by atoms with E-state index in [4.69, 9.17) is 11.6 Å². The highest BCUT2D eigenvalue weighted by molar-refractivity contribution is 6.33. The minimum atomic E-state index is -0.830. The molecule has 0 fully saturated rings. The molecule has 0 saturated heterocycles. The maximum absolute atomic E-state index is 13.1. The molecule has 2 N–H and O–H groups in total. The smallest absolute Gasteiger partial charge is 0.239 e. The molecule has 0 spiro atoms. The Hall–Kier alpha value is -1.36. The summed E-state index contributed by atoms with van der Waals surface area (Å²) < 4.78 is 25.8. The number of anilines is 1. The first-order chi connectivity index (χ1) is 7.04. The van der Waals surface area contributed by atoms with Crippen LogP contribution in [0.15, 0.2) is 12.1 Å². The highest BCUT2D eigenvalue weighted by Gasteiger charge is 2.10. The molecule has 15 heavy (non-hydrogen) atoms. The molecule has 0 radical (unpaired) electrons. The quantitative estimate of drug-likeness (QED) is 0.837. The van der Waals surface area contributed by atoms with Crippen LogP contribution in [0.1, 0.15) is 0 Å². The Kier molecular flexibility index (Phi) is 3.85. The first-order valence-corrected chi connectivity index (χ1v) is 4.51. The van der Waals surface area contributed by atoms with Crippen molar-refractivity contribution in [2.75, 3.05) is 18.9 Å². The molecule has 1 amide bonds. The summed E-state index contributed by atoms with van der Waals surface area (Å²) >= 11 is 5.59. The van der Waals surface area contributed by atoms with Crippen LogP contribution in [-0.4, -0.2) is 19.5 Å². The van der Waals surface area contributed by atoms with Gasteiger partial charge >= 0.3 is 0 Å². The van der Waals surface area contributed by atoms with E-state index in [1.54, 1.807) is 0 Å². The van der Waals surface area contributed by atoms with Crippen molar-refractivity contribution in [2.24, 2.45) is 0 Å². The number of rotatable bonds is 3. The molecule has 3 nitrogen and oxygen atoms in total. The zero-order valence-electron chi connectivity index (χ0n) is 7.90. The van der Waals surface area contributed by atoms with Crippen LogP contribution in [-0.2, 0) is 4.79 Å². The standard InChI is InChI=1S/C9H9ClF2N2O/c1-13-8(15)4-14-9-6(10)2-5(11)3-7(9)12/h2-3,14H,4H2,1H3,(H,13,15). The molecule has 0 heterocycles. The van der Waals surface area contributed by atoms with E-state index in [0.29, 0.717) is 6.07 Å². The minimum Gasteiger partial charge on any atom is -0.373 e. The van der Waals surface area contributed by atoms with Gasteiger partial charge in [-0.1, -0.05) is 11.6 Å². The SMILES string of the molecule is CNC(=O)CNc1c(F)cc(F)cc1Cl. The maximum Gasteiger partial charge on any atom is 0.239 e. The molecule has 0 saturated carbocycles. The minimum absolute atomic E-state index is 0.0818. The third-order valence-corrected chi connectivity index (χ3v) is 2.01. The Morgan fingerprint density at radius 3 is 2.67 bits per heavy atom. The fourth-order valence-electron chi connectivity index (χ4n) is 0.968. The lowest BCUT2D eigenvalue weighted by atomic mass is 10.3. The summed E-state index contributed by atoms with van der Waals surface area (Å²) in [6, 6.07) is 1.66. The van der Waals surface area contributed by atoms with Gasteiger partial charge in [0.1, 0.15) is 5.82 Å². The third kappa shape index (κ3) is 3.06. The molecule has 0 aliphatic rings. The summed E-state index contributed by atoms with van der Waals surface area (Å²) in [5.74, 6) is -1.92. The predicted octanol–water partition coefficient (Wildman–Crippen LogP) is 1.78. The van der Waals surface area contributed by atoms with Crippen molar-refractivity contribution in [1.29, 1.82) is 0 Å². The number of likely N-dealkylation sites (N-methyl/N-ethyl adjacent to an activating group) is 1. The molecule has 0 bridgehead atoms. The molecule has 6 heteroatoms. The largest absolute Gasteiger partial charge is 0.373 e. The van der Waals surface area contributed by atoms with Crippen molar-refractivity contribution >= 4 is 23.2 Å². The van der Waals surface area contributed by atoms with Crippen LogP contribution in [0.3, 0.4) is 0 Å². The van der Waals surface area contributed by atoms with E-state index in [1.807, 2.05) is 0 Å². The second-order valence-corrected chi connectivity index (χ2v) is 3.18. The molecule has 82 valence electrons. The number of benzene rings is 1. The third-order valence-electron chi connectivity index (χ3n) is 1.71. The molecule has 0 aliphatic carbocycles. The summed E-state index contributed by atoms with van der Waals surface area (Å²) in [6.07, 6.45) is 0. The Morgan fingerprint density at radius 2 is 2.13 bits per heavy atom. The van der Waals surface area contributed by atoms with Crippen LogP contribution in [0.2, 0.25) is 5.02 Å². The number of carbonyl (C=O) groups excluding carboxylic acids is 1. The van der Waals surface area contributed by atoms with Crippen molar-refractivity contribution in [3.8, 4) is 0 Å². The van der Waals surface area contributed by atoms with E-state index >= 15 is 0 Å². The van der Waals surface area contributed by atoms with Gasteiger partial charge in [0.25, 0.3) is 0 Å². The van der Waals surface area contributed by atoms with Gasteiger partial charge in [-0.3, -0.25) is 4.79 Å². The van der Waals surface area contributed by atoms with Crippen LogP contribution in [0, 0.1) is 11.6 Å². The zero-order chi connectivity index (χ0) is 11.4. The van der Waals surface area contributed by atoms with Gasteiger partial charge in [-0.05, 0) is 6.07 Å². The highest BCUT2D eigenvalue weighted by atomic mass is 35.5. The molecule has 1 aromatic rings. The van der Waals surface area contributed by atoms with Crippen molar-refractivity contribution in [2.45, 2.75) is 0 Å². The number of carbonyl (C=O) groups is 1. The van der Waals surface area contributed by atoms with Gasteiger partial charge in [0.15, 0.2) is 5.82 Å². The van der Waals surface area contributed by atoms with E-state index in [9.17, 15) is 13.6 Å². The van der Waals surface area contributed by atoms with Crippen LogP contribution < -0.4 is 10.6 Å². The molecular formula is C9H9ClF2N2O. The first-order valence-electron chi connectivity index (χ1n) is 4.13. The lowest BCUT2D eigenvalue weighted by Crippen LogP contribution is -2.26. The van der Waals surface area contributed by atoms with Gasteiger partial charge in [0.2, 0.25) is 5.91 Å². The van der Waals surface area contributed by atoms with Crippen LogP contribution in [0.5, 0.6) is 0 Å². The van der Waals surface area contributed by atoms with Crippen molar-refractivity contribution in [3.63, 3.8) is 0 Å². The van der Waals surface area contributed by atoms with Gasteiger partial charge in [0, 0.05) is 13.1 Å².